The molecular formula is C15H25N2O8PS. The van der Waals surface area contributed by atoms with Crippen LogP contribution in [0.25, 0.3) is 0 Å². The molecule has 0 saturated carbocycles. The molecule has 10 nitrogen and oxygen atoms in total. The molecule has 0 aliphatic carbocycles. The number of phosphoric acid groups is 1. The first-order chi connectivity index (χ1) is 12.4. The number of thioether (sulfide) groups is 1. The third-order valence-corrected chi connectivity index (χ3v) is 5.33. The molecule has 1 rings (SSSR count). The van der Waals surface area contributed by atoms with Crippen molar-refractivity contribution in [2.45, 2.75) is 39.7 Å². The number of hydrogen-bond donors (Lipinski definition) is 3. The van der Waals surface area contributed by atoms with Crippen LogP contribution in [0.15, 0.2) is 0 Å². The van der Waals surface area contributed by atoms with Crippen LogP contribution in [0.4, 0.5) is 0 Å². The Morgan fingerprint density at radius 3 is 2.52 bits per heavy atom. The lowest BCUT2D eigenvalue weighted by Gasteiger charge is -2.38. The van der Waals surface area contributed by atoms with Crippen molar-refractivity contribution in [1.82, 2.24) is 10.6 Å². The molecule has 0 radical (unpaired) electrons. The maximum Gasteiger partial charge on any atom is 0.472 e. The third-order valence-electron chi connectivity index (χ3n) is 3.52. The van der Waals surface area contributed by atoms with E-state index in [1.165, 1.54) is 6.92 Å². The number of phosphoric ester groups is 1. The fourth-order valence-electron chi connectivity index (χ4n) is 2.12. The van der Waals surface area contributed by atoms with Crippen molar-refractivity contribution in [3.8, 4) is 0 Å². The maximum atomic E-state index is 12.2. The molecule has 0 aromatic rings. The first-order valence-corrected chi connectivity index (χ1v) is 10.8. The van der Waals surface area contributed by atoms with Crippen molar-refractivity contribution < 1.29 is 37.7 Å². The Kier molecular flexibility index (Phi) is 9.10. The van der Waals surface area contributed by atoms with Crippen LogP contribution in [-0.2, 0) is 32.8 Å². The molecule has 1 saturated heterocycles. The second kappa shape index (κ2) is 10.3. The summed E-state index contributed by atoms with van der Waals surface area (Å²) in [6.45, 7) is 4.82. The highest BCUT2D eigenvalue weighted by Crippen LogP contribution is 2.52. The molecule has 2 atom stereocenters. The van der Waals surface area contributed by atoms with E-state index in [9.17, 15) is 28.6 Å². The molecule has 0 spiro atoms. The molecule has 27 heavy (non-hydrogen) atoms. The highest BCUT2D eigenvalue weighted by molar-refractivity contribution is 8.13. The highest BCUT2D eigenvalue weighted by atomic mass is 32.2. The van der Waals surface area contributed by atoms with Gasteiger partial charge in [-0.25, -0.2) is 4.57 Å². The average molecular weight is 424 g/mol. The minimum atomic E-state index is -4.25. The molecule has 1 unspecified atom stereocenters. The van der Waals surface area contributed by atoms with Gasteiger partial charge in [-0.2, -0.15) is 0 Å². The summed E-state index contributed by atoms with van der Waals surface area (Å²) in [5.41, 5.74) is -0.799. The van der Waals surface area contributed by atoms with Gasteiger partial charge in [0.25, 0.3) is 0 Å². The van der Waals surface area contributed by atoms with Crippen molar-refractivity contribution in [2.24, 2.45) is 5.41 Å². The maximum absolute atomic E-state index is 12.2. The lowest BCUT2D eigenvalue weighted by atomic mass is 9.87. The molecule has 1 fully saturated rings. The Balaban J connectivity index is 2.26. The quantitative estimate of drug-likeness (QED) is 0.271. The van der Waals surface area contributed by atoms with Crippen LogP contribution in [-0.4, -0.2) is 59.2 Å². The second-order valence-corrected chi connectivity index (χ2v) is 9.26. The van der Waals surface area contributed by atoms with Gasteiger partial charge in [0.05, 0.1) is 13.0 Å². The summed E-state index contributed by atoms with van der Waals surface area (Å²) in [5, 5.41) is 4.84. The Morgan fingerprint density at radius 1 is 1.22 bits per heavy atom. The van der Waals surface area contributed by atoms with Gasteiger partial charge in [-0.3, -0.25) is 28.2 Å². The van der Waals surface area contributed by atoms with Crippen LogP contribution >= 0.6 is 19.6 Å². The summed E-state index contributed by atoms with van der Waals surface area (Å²) in [4.78, 5) is 55.4. The van der Waals surface area contributed by atoms with E-state index in [-0.39, 0.29) is 49.3 Å². The van der Waals surface area contributed by atoms with Crippen molar-refractivity contribution in [2.75, 3.05) is 25.4 Å². The number of amides is 2. The zero-order valence-electron chi connectivity index (χ0n) is 15.5. The molecule has 1 aliphatic heterocycles. The van der Waals surface area contributed by atoms with Gasteiger partial charge in [0.1, 0.15) is 5.78 Å². The van der Waals surface area contributed by atoms with Crippen LogP contribution in [0.1, 0.15) is 33.6 Å². The number of hydrogen-bond acceptors (Lipinski definition) is 8. The first kappa shape index (κ1) is 23.8. The molecule has 0 aromatic heterocycles. The third kappa shape index (κ3) is 8.98. The van der Waals surface area contributed by atoms with Gasteiger partial charge < -0.3 is 15.5 Å². The van der Waals surface area contributed by atoms with E-state index in [1.807, 2.05) is 0 Å². The molecule has 3 N–H and O–H groups in total. The SMILES string of the molecule is CC(=O)CC(=O)SCCNC(=O)CCNC(=O)[C@@H]1OP(=O)(O)OCC1(C)C. The number of carbonyl (C=O) groups is 4. The van der Waals surface area contributed by atoms with Gasteiger partial charge in [0.2, 0.25) is 11.8 Å². The predicted molar refractivity (Wildman–Crippen MR) is 97.8 cm³/mol. The van der Waals surface area contributed by atoms with Crippen molar-refractivity contribution >= 4 is 42.3 Å². The molecule has 1 heterocycles. The van der Waals surface area contributed by atoms with Crippen LogP contribution in [0.5, 0.6) is 0 Å². The van der Waals surface area contributed by atoms with Gasteiger partial charge in [-0.05, 0) is 6.92 Å². The summed E-state index contributed by atoms with van der Waals surface area (Å²) in [6.07, 6.45) is -1.30. The van der Waals surface area contributed by atoms with E-state index < -0.39 is 25.2 Å². The molecule has 154 valence electrons. The summed E-state index contributed by atoms with van der Waals surface area (Å²) < 4.78 is 21.0. The van der Waals surface area contributed by atoms with E-state index >= 15 is 0 Å². The molecular weight excluding hydrogens is 399 g/mol. The Hall–Kier alpha value is -1.26. The van der Waals surface area contributed by atoms with Gasteiger partial charge in [-0.1, -0.05) is 25.6 Å². The van der Waals surface area contributed by atoms with Crippen LogP contribution in [0.3, 0.4) is 0 Å². The lowest BCUT2D eigenvalue weighted by molar-refractivity contribution is -0.141. The van der Waals surface area contributed by atoms with Crippen LogP contribution in [0, 0.1) is 5.41 Å². The van der Waals surface area contributed by atoms with E-state index in [0.717, 1.165) is 11.8 Å². The normalized spacial score (nSPS) is 24.1. The minimum absolute atomic E-state index is 0.00175. The van der Waals surface area contributed by atoms with Crippen molar-refractivity contribution in [3.05, 3.63) is 0 Å². The number of ketones is 1. The number of nitrogens with one attached hydrogen (secondary N) is 2. The van der Waals surface area contributed by atoms with Crippen molar-refractivity contribution in [3.63, 3.8) is 0 Å². The largest absolute Gasteiger partial charge is 0.472 e. The zero-order valence-corrected chi connectivity index (χ0v) is 17.2. The Labute approximate surface area is 161 Å². The number of carbonyl (C=O) groups excluding carboxylic acids is 4. The first-order valence-electron chi connectivity index (χ1n) is 8.28. The van der Waals surface area contributed by atoms with Gasteiger partial charge in [-0.15, -0.1) is 0 Å². The minimum Gasteiger partial charge on any atom is -0.355 e. The van der Waals surface area contributed by atoms with E-state index in [0.29, 0.717) is 5.75 Å². The Morgan fingerprint density at radius 2 is 1.89 bits per heavy atom. The lowest BCUT2D eigenvalue weighted by Crippen LogP contribution is -2.49. The van der Waals surface area contributed by atoms with Crippen LogP contribution < -0.4 is 10.6 Å². The number of rotatable bonds is 9. The fraction of sp³-hybridized carbons (Fsp3) is 0.733. The monoisotopic (exact) mass is 424 g/mol. The van der Waals surface area contributed by atoms with Gasteiger partial charge in [0, 0.05) is 30.7 Å². The van der Waals surface area contributed by atoms with Gasteiger partial charge >= 0.3 is 7.82 Å². The van der Waals surface area contributed by atoms with E-state index in [4.69, 9.17) is 9.05 Å². The summed E-state index contributed by atoms with van der Waals surface area (Å²) in [7, 11) is -4.25. The van der Waals surface area contributed by atoms with E-state index in [2.05, 4.69) is 10.6 Å². The summed E-state index contributed by atoms with van der Waals surface area (Å²) in [5.74, 6) is -0.785. The fourth-order valence-corrected chi connectivity index (χ4v) is 4.06. The number of Topliss-reactive ketones (excluding diaryl/α,β-unsaturated/α-hetero) is 1. The molecule has 0 bridgehead atoms. The molecule has 0 aromatic carbocycles. The molecule has 12 heteroatoms. The molecule has 1 aliphatic rings. The van der Waals surface area contributed by atoms with Crippen molar-refractivity contribution in [1.29, 1.82) is 0 Å². The average Bonchev–Trinajstić information content (AvgIpc) is 2.53. The van der Waals surface area contributed by atoms with E-state index in [1.54, 1.807) is 13.8 Å². The Bertz CT molecular complexity index is 639. The zero-order chi connectivity index (χ0) is 20.7. The second-order valence-electron chi connectivity index (χ2n) is 6.71. The highest BCUT2D eigenvalue weighted by Gasteiger charge is 2.47. The summed E-state index contributed by atoms with van der Waals surface area (Å²) >= 11 is 0.971. The smallest absolute Gasteiger partial charge is 0.355 e. The summed E-state index contributed by atoms with van der Waals surface area (Å²) in [6, 6.07) is 0. The van der Waals surface area contributed by atoms with Crippen LogP contribution in [0.2, 0.25) is 0 Å². The molecule has 2 amide bonds. The van der Waals surface area contributed by atoms with Gasteiger partial charge in [0.15, 0.2) is 11.2 Å². The topological polar surface area (TPSA) is 148 Å². The standard InChI is InChI=1S/C15H25N2O8PS/c1-10(18)8-12(20)27-7-6-16-11(19)4-5-17-14(21)13-15(2,3)9-24-26(22,23)25-13/h13H,4-9H2,1-3H3,(H,16,19)(H,17,21)(H,22,23)/t13-/m0/s1. The predicted octanol–water partition coefficient (Wildman–Crippen LogP) is 0.390.